The van der Waals surface area contributed by atoms with Gasteiger partial charge in [0.25, 0.3) is 0 Å². The highest BCUT2D eigenvalue weighted by Gasteiger charge is 2.09. The van der Waals surface area contributed by atoms with Gasteiger partial charge in [0, 0.05) is 25.5 Å². The normalized spacial score (nSPS) is 10.8. The zero-order valence-corrected chi connectivity index (χ0v) is 11.8. The Balaban J connectivity index is 2.11. The van der Waals surface area contributed by atoms with Crippen LogP contribution in [0.15, 0.2) is 48.8 Å². The fourth-order valence-corrected chi connectivity index (χ4v) is 2.26. The second-order valence-electron chi connectivity index (χ2n) is 5.03. The van der Waals surface area contributed by atoms with E-state index in [1.165, 1.54) is 0 Å². The van der Waals surface area contributed by atoms with Crippen LogP contribution in [0.5, 0.6) is 0 Å². The maximum absolute atomic E-state index is 11.1. The Labute approximate surface area is 122 Å². The van der Waals surface area contributed by atoms with Gasteiger partial charge in [-0.2, -0.15) is 0 Å². The average molecular weight is 281 g/mol. The van der Waals surface area contributed by atoms with Crippen molar-refractivity contribution in [3.05, 3.63) is 54.4 Å². The van der Waals surface area contributed by atoms with Gasteiger partial charge < -0.3 is 10.0 Å². The van der Waals surface area contributed by atoms with Crippen LogP contribution in [0, 0.1) is 0 Å². The van der Waals surface area contributed by atoms with Crippen molar-refractivity contribution in [3.63, 3.8) is 0 Å². The third-order valence-electron chi connectivity index (χ3n) is 3.44. The van der Waals surface area contributed by atoms with Crippen molar-refractivity contribution in [1.82, 2.24) is 9.55 Å². The van der Waals surface area contributed by atoms with E-state index in [1.807, 2.05) is 47.8 Å². The lowest BCUT2D eigenvalue weighted by Crippen LogP contribution is -2.08. The smallest absolute Gasteiger partial charge is 0.335 e. The van der Waals surface area contributed by atoms with Crippen LogP contribution < -0.4 is 4.90 Å². The summed E-state index contributed by atoms with van der Waals surface area (Å²) in [7, 11) is 3.97. The topological polar surface area (TPSA) is 58.4 Å². The van der Waals surface area contributed by atoms with Gasteiger partial charge in [-0.25, -0.2) is 9.78 Å². The average Bonchev–Trinajstić information content (AvgIpc) is 2.90. The SMILES string of the molecule is CN(C)c1ccc(-n2cnc3ccc(C(=O)O)cc32)cc1. The molecule has 106 valence electrons. The number of anilines is 1. The fraction of sp³-hybridized carbons (Fsp3) is 0.125. The van der Waals surface area contributed by atoms with E-state index in [1.54, 1.807) is 24.5 Å². The largest absolute Gasteiger partial charge is 0.478 e. The molecule has 0 fully saturated rings. The number of benzene rings is 2. The predicted octanol–water partition coefficient (Wildman–Crippen LogP) is 2.79. The molecule has 0 saturated heterocycles. The van der Waals surface area contributed by atoms with E-state index in [2.05, 4.69) is 4.98 Å². The minimum absolute atomic E-state index is 0.258. The summed E-state index contributed by atoms with van der Waals surface area (Å²) in [6, 6.07) is 12.9. The molecular weight excluding hydrogens is 266 g/mol. The Morgan fingerprint density at radius 1 is 1.14 bits per heavy atom. The molecule has 0 atom stereocenters. The highest BCUT2D eigenvalue weighted by atomic mass is 16.4. The zero-order valence-electron chi connectivity index (χ0n) is 11.8. The fourth-order valence-electron chi connectivity index (χ4n) is 2.26. The van der Waals surface area contributed by atoms with Crippen molar-refractivity contribution in [3.8, 4) is 5.69 Å². The lowest BCUT2D eigenvalue weighted by atomic mass is 10.2. The van der Waals surface area contributed by atoms with Crippen LogP contribution in [-0.4, -0.2) is 34.7 Å². The number of hydrogen-bond acceptors (Lipinski definition) is 3. The van der Waals surface area contributed by atoms with Gasteiger partial charge in [0.15, 0.2) is 0 Å². The Hall–Kier alpha value is -2.82. The van der Waals surface area contributed by atoms with E-state index in [-0.39, 0.29) is 5.56 Å². The third kappa shape index (κ3) is 2.33. The molecule has 1 aromatic heterocycles. The molecule has 0 spiro atoms. The first-order chi connectivity index (χ1) is 10.1. The molecule has 21 heavy (non-hydrogen) atoms. The number of carbonyl (C=O) groups is 1. The zero-order chi connectivity index (χ0) is 15.0. The Morgan fingerprint density at radius 3 is 2.48 bits per heavy atom. The number of rotatable bonds is 3. The summed E-state index contributed by atoms with van der Waals surface area (Å²) in [5.41, 5.74) is 3.87. The summed E-state index contributed by atoms with van der Waals surface area (Å²) in [5.74, 6) is -0.937. The molecule has 5 heteroatoms. The van der Waals surface area contributed by atoms with Gasteiger partial charge >= 0.3 is 5.97 Å². The van der Waals surface area contributed by atoms with Crippen LogP contribution in [-0.2, 0) is 0 Å². The van der Waals surface area contributed by atoms with E-state index >= 15 is 0 Å². The molecule has 0 radical (unpaired) electrons. The minimum atomic E-state index is -0.937. The second-order valence-corrected chi connectivity index (χ2v) is 5.03. The summed E-state index contributed by atoms with van der Waals surface area (Å²) in [6.07, 6.45) is 1.71. The second kappa shape index (κ2) is 4.94. The quantitative estimate of drug-likeness (QED) is 0.802. The molecule has 1 heterocycles. The number of carboxylic acid groups (broad SMARTS) is 1. The van der Waals surface area contributed by atoms with Gasteiger partial charge in [-0.05, 0) is 42.5 Å². The van der Waals surface area contributed by atoms with Gasteiger partial charge in [-0.3, -0.25) is 4.57 Å². The van der Waals surface area contributed by atoms with Crippen molar-refractivity contribution in [2.45, 2.75) is 0 Å². The Kier molecular flexibility index (Phi) is 3.10. The van der Waals surface area contributed by atoms with Crippen molar-refractivity contribution in [1.29, 1.82) is 0 Å². The van der Waals surface area contributed by atoms with Crippen LogP contribution in [0.2, 0.25) is 0 Å². The van der Waals surface area contributed by atoms with Crippen LogP contribution in [0.4, 0.5) is 5.69 Å². The standard InChI is InChI=1S/C16H15N3O2/c1-18(2)12-4-6-13(7-5-12)19-10-17-14-8-3-11(16(20)21)9-15(14)19/h3-10H,1-2H3,(H,20,21). The van der Waals surface area contributed by atoms with E-state index in [9.17, 15) is 4.79 Å². The number of nitrogens with zero attached hydrogens (tertiary/aromatic N) is 3. The Morgan fingerprint density at radius 2 is 1.86 bits per heavy atom. The number of carboxylic acids is 1. The maximum Gasteiger partial charge on any atom is 0.335 e. The first-order valence-corrected chi connectivity index (χ1v) is 6.54. The van der Waals surface area contributed by atoms with Crippen LogP contribution in [0.3, 0.4) is 0 Å². The van der Waals surface area contributed by atoms with Crippen molar-refractivity contribution >= 4 is 22.7 Å². The van der Waals surface area contributed by atoms with Gasteiger partial charge in [0.05, 0.1) is 16.6 Å². The van der Waals surface area contributed by atoms with Crippen LogP contribution >= 0.6 is 0 Å². The third-order valence-corrected chi connectivity index (χ3v) is 3.44. The molecule has 0 aliphatic rings. The van der Waals surface area contributed by atoms with Crippen LogP contribution in [0.1, 0.15) is 10.4 Å². The number of aromatic nitrogens is 2. The summed E-state index contributed by atoms with van der Waals surface area (Å²) >= 11 is 0. The van der Waals surface area contributed by atoms with E-state index in [4.69, 9.17) is 5.11 Å². The van der Waals surface area contributed by atoms with E-state index in [0.717, 1.165) is 22.4 Å². The molecule has 0 saturated carbocycles. The van der Waals surface area contributed by atoms with Gasteiger partial charge in [0.2, 0.25) is 0 Å². The summed E-state index contributed by atoms with van der Waals surface area (Å²) in [5, 5.41) is 9.11. The van der Waals surface area contributed by atoms with Crippen LogP contribution in [0.25, 0.3) is 16.7 Å². The van der Waals surface area contributed by atoms with E-state index < -0.39 is 5.97 Å². The molecule has 0 aliphatic carbocycles. The molecule has 0 unspecified atom stereocenters. The monoisotopic (exact) mass is 281 g/mol. The molecule has 0 bridgehead atoms. The number of fused-ring (bicyclic) bond motifs is 1. The molecule has 0 aliphatic heterocycles. The molecule has 1 N–H and O–H groups in total. The van der Waals surface area contributed by atoms with Crippen molar-refractivity contribution in [2.24, 2.45) is 0 Å². The molecule has 3 rings (SSSR count). The summed E-state index contributed by atoms with van der Waals surface area (Å²) < 4.78 is 1.89. The van der Waals surface area contributed by atoms with Gasteiger partial charge in [-0.15, -0.1) is 0 Å². The first kappa shape index (κ1) is 13.2. The number of hydrogen-bond donors (Lipinski definition) is 1. The summed E-state index contributed by atoms with van der Waals surface area (Å²) in [4.78, 5) is 17.4. The molecule has 5 nitrogen and oxygen atoms in total. The highest BCUT2D eigenvalue weighted by Crippen LogP contribution is 2.21. The maximum atomic E-state index is 11.1. The summed E-state index contributed by atoms with van der Waals surface area (Å²) in [6.45, 7) is 0. The lowest BCUT2D eigenvalue weighted by Gasteiger charge is -2.13. The van der Waals surface area contributed by atoms with E-state index in [0.29, 0.717) is 0 Å². The molecule has 3 aromatic rings. The minimum Gasteiger partial charge on any atom is -0.478 e. The molecular formula is C16H15N3O2. The molecule has 0 amide bonds. The van der Waals surface area contributed by atoms with Crippen molar-refractivity contribution < 1.29 is 9.90 Å². The van der Waals surface area contributed by atoms with Crippen molar-refractivity contribution in [2.75, 3.05) is 19.0 Å². The van der Waals surface area contributed by atoms with Gasteiger partial charge in [0.1, 0.15) is 6.33 Å². The molecule has 2 aromatic carbocycles. The highest BCUT2D eigenvalue weighted by molar-refractivity contribution is 5.92. The Bertz CT molecular complexity index is 804. The predicted molar refractivity (Wildman–Crippen MR) is 82.4 cm³/mol. The lowest BCUT2D eigenvalue weighted by molar-refractivity contribution is 0.0697. The first-order valence-electron chi connectivity index (χ1n) is 6.54. The van der Waals surface area contributed by atoms with Gasteiger partial charge in [-0.1, -0.05) is 0 Å². The number of imidazole rings is 1. The number of aromatic carboxylic acids is 1.